The lowest BCUT2D eigenvalue weighted by molar-refractivity contribution is -0.122. The number of aliphatic hydroxyl groups is 1. The average molecular weight is 469 g/mol. The minimum absolute atomic E-state index is 0.0306. The Morgan fingerprint density at radius 2 is 1.94 bits per heavy atom. The summed E-state index contributed by atoms with van der Waals surface area (Å²) in [5, 5.41) is 10.7. The van der Waals surface area contributed by atoms with E-state index in [4.69, 9.17) is 11.6 Å². The SMILES string of the molecule is Cc1ncsc1-c1ccc(CCC(=O)[C@@H]2C[C@@H](O)CN2C(=O)c2cccc(Cl)c2C)cc1. The summed E-state index contributed by atoms with van der Waals surface area (Å²) in [6.45, 7) is 3.94. The summed E-state index contributed by atoms with van der Waals surface area (Å²) in [5.41, 5.74) is 6.18. The van der Waals surface area contributed by atoms with E-state index in [0.29, 0.717) is 29.0 Å². The Morgan fingerprint density at radius 1 is 1.19 bits per heavy atom. The molecule has 1 aromatic heterocycles. The van der Waals surface area contributed by atoms with E-state index in [0.717, 1.165) is 21.7 Å². The molecule has 7 heteroatoms. The Bertz CT molecular complexity index is 1140. The van der Waals surface area contributed by atoms with Crippen LogP contribution in [0.2, 0.25) is 5.02 Å². The Hall–Kier alpha value is -2.54. The van der Waals surface area contributed by atoms with Gasteiger partial charge in [0.2, 0.25) is 0 Å². The Balaban J connectivity index is 1.43. The lowest BCUT2D eigenvalue weighted by Crippen LogP contribution is -2.41. The van der Waals surface area contributed by atoms with Crippen LogP contribution in [0.5, 0.6) is 0 Å². The zero-order valence-corrected chi connectivity index (χ0v) is 19.6. The van der Waals surface area contributed by atoms with Crippen LogP contribution in [0.1, 0.15) is 40.0 Å². The van der Waals surface area contributed by atoms with Crippen molar-refractivity contribution in [3.63, 3.8) is 0 Å². The number of carbonyl (C=O) groups is 2. The van der Waals surface area contributed by atoms with E-state index >= 15 is 0 Å². The number of carbonyl (C=O) groups excluding carboxylic acids is 2. The van der Waals surface area contributed by atoms with Crippen molar-refractivity contribution >= 4 is 34.6 Å². The fourth-order valence-corrected chi connectivity index (χ4v) is 5.16. The molecule has 0 unspecified atom stereocenters. The number of hydrogen-bond donors (Lipinski definition) is 1. The van der Waals surface area contributed by atoms with Crippen LogP contribution in [-0.4, -0.2) is 45.4 Å². The lowest BCUT2D eigenvalue weighted by Gasteiger charge is -2.24. The molecule has 0 radical (unpaired) electrons. The van der Waals surface area contributed by atoms with Crippen molar-refractivity contribution in [3.05, 3.63) is 75.4 Å². The summed E-state index contributed by atoms with van der Waals surface area (Å²) in [5.74, 6) is -0.291. The van der Waals surface area contributed by atoms with Crippen molar-refractivity contribution in [1.82, 2.24) is 9.88 Å². The van der Waals surface area contributed by atoms with Gasteiger partial charge in [-0.2, -0.15) is 0 Å². The van der Waals surface area contributed by atoms with E-state index in [-0.39, 0.29) is 24.7 Å². The van der Waals surface area contributed by atoms with Crippen LogP contribution >= 0.6 is 22.9 Å². The van der Waals surface area contributed by atoms with Gasteiger partial charge in [0.15, 0.2) is 5.78 Å². The molecular weight excluding hydrogens is 444 g/mol. The van der Waals surface area contributed by atoms with E-state index in [1.165, 1.54) is 4.90 Å². The van der Waals surface area contributed by atoms with Crippen LogP contribution in [0, 0.1) is 13.8 Å². The second kappa shape index (κ2) is 9.53. The number of Topliss-reactive ketones (excluding diaryl/α,β-unsaturated/α-hetero) is 1. The summed E-state index contributed by atoms with van der Waals surface area (Å²) in [6.07, 6.45) is 0.475. The molecule has 3 aromatic rings. The van der Waals surface area contributed by atoms with Crippen molar-refractivity contribution in [2.45, 2.75) is 45.3 Å². The summed E-state index contributed by atoms with van der Waals surface area (Å²) >= 11 is 7.78. The quantitative estimate of drug-likeness (QED) is 0.561. The van der Waals surface area contributed by atoms with Gasteiger partial charge in [-0.3, -0.25) is 9.59 Å². The molecule has 1 aliphatic rings. The maximum atomic E-state index is 13.1. The third kappa shape index (κ3) is 4.63. The van der Waals surface area contributed by atoms with E-state index < -0.39 is 12.1 Å². The molecule has 2 aromatic carbocycles. The van der Waals surface area contributed by atoms with Crippen LogP contribution in [0.25, 0.3) is 10.4 Å². The van der Waals surface area contributed by atoms with E-state index in [1.54, 1.807) is 36.5 Å². The van der Waals surface area contributed by atoms with Gasteiger partial charge in [-0.1, -0.05) is 41.9 Å². The van der Waals surface area contributed by atoms with Crippen LogP contribution in [0.15, 0.2) is 48.0 Å². The average Bonchev–Trinajstić information content (AvgIpc) is 3.39. The fourth-order valence-electron chi connectivity index (χ4n) is 4.17. The normalized spacial score (nSPS) is 18.2. The molecule has 0 aliphatic carbocycles. The molecule has 1 amide bonds. The Labute approximate surface area is 196 Å². The number of likely N-dealkylation sites (tertiary alicyclic amines) is 1. The zero-order valence-electron chi connectivity index (χ0n) is 18.0. The number of rotatable bonds is 6. The zero-order chi connectivity index (χ0) is 22.8. The number of benzene rings is 2. The van der Waals surface area contributed by atoms with Crippen LogP contribution in [0.4, 0.5) is 0 Å². The molecule has 1 saturated heterocycles. The van der Waals surface area contributed by atoms with Crippen molar-refractivity contribution in [1.29, 1.82) is 0 Å². The van der Waals surface area contributed by atoms with Gasteiger partial charge in [0, 0.05) is 30.0 Å². The predicted molar refractivity (Wildman–Crippen MR) is 127 cm³/mol. The molecule has 2 atom stereocenters. The molecule has 0 bridgehead atoms. The molecular formula is C25H25ClN2O3S. The van der Waals surface area contributed by atoms with Gasteiger partial charge in [-0.05, 0) is 49.1 Å². The number of β-amino-alcohol motifs (C(OH)–C–C–N with tert-alkyl or cyclic N) is 1. The number of aliphatic hydroxyl groups excluding tert-OH is 1. The number of thiazole rings is 1. The summed E-state index contributed by atoms with van der Waals surface area (Å²) in [6, 6.07) is 12.7. The minimum atomic E-state index is -0.700. The highest BCUT2D eigenvalue weighted by molar-refractivity contribution is 7.13. The number of aromatic nitrogens is 1. The van der Waals surface area contributed by atoms with Gasteiger partial charge in [0.1, 0.15) is 0 Å². The van der Waals surface area contributed by atoms with Crippen LogP contribution in [-0.2, 0) is 11.2 Å². The molecule has 5 nitrogen and oxygen atoms in total. The van der Waals surface area contributed by atoms with Gasteiger partial charge in [-0.15, -0.1) is 11.3 Å². The standard InChI is InChI=1S/C25H25ClN2O3S/c1-15-20(4-3-5-21(15)26)25(31)28-13-19(29)12-22(28)23(30)11-8-17-6-9-18(10-7-17)24-16(2)27-14-32-24/h3-7,9-10,14,19,22,29H,8,11-13H2,1-2H3/t19-,22+/m1/s1. The van der Waals surface area contributed by atoms with Crippen molar-refractivity contribution in [3.8, 4) is 10.4 Å². The second-order valence-corrected chi connectivity index (χ2v) is 9.47. The maximum Gasteiger partial charge on any atom is 0.254 e. The van der Waals surface area contributed by atoms with Crippen molar-refractivity contribution < 1.29 is 14.7 Å². The van der Waals surface area contributed by atoms with Gasteiger partial charge in [0.05, 0.1) is 28.2 Å². The van der Waals surface area contributed by atoms with E-state index in [2.05, 4.69) is 17.1 Å². The first kappa shape index (κ1) is 22.6. The lowest BCUT2D eigenvalue weighted by atomic mass is 9.99. The molecule has 2 heterocycles. The predicted octanol–water partition coefficient (Wildman–Crippen LogP) is 4.86. The van der Waals surface area contributed by atoms with Gasteiger partial charge < -0.3 is 10.0 Å². The smallest absolute Gasteiger partial charge is 0.254 e. The molecule has 4 rings (SSSR count). The van der Waals surface area contributed by atoms with Gasteiger partial charge >= 0.3 is 0 Å². The van der Waals surface area contributed by atoms with Crippen molar-refractivity contribution in [2.24, 2.45) is 0 Å². The monoisotopic (exact) mass is 468 g/mol. The molecule has 1 aliphatic heterocycles. The number of amides is 1. The van der Waals surface area contributed by atoms with Gasteiger partial charge in [-0.25, -0.2) is 4.98 Å². The van der Waals surface area contributed by atoms with Crippen molar-refractivity contribution in [2.75, 3.05) is 6.54 Å². The molecule has 0 spiro atoms. The molecule has 1 fully saturated rings. The highest BCUT2D eigenvalue weighted by Crippen LogP contribution is 2.28. The number of hydrogen-bond acceptors (Lipinski definition) is 5. The van der Waals surface area contributed by atoms with E-state index in [1.807, 2.05) is 24.6 Å². The first-order valence-electron chi connectivity index (χ1n) is 10.6. The molecule has 1 N–H and O–H groups in total. The number of nitrogens with zero attached hydrogens (tertiary/aromatic N) is 2. The molecule has 0 saturated carbocycles. The summed E-state index contributed by atoms with van der Waals surface area (Å²) < 4.78 is 0. The van der Waals surface area contributed by atoms with Crippen LogP contribution < -0.4 is 0 Å². The summed E-state index contributed by atoms with van der Waals surface area (Å²) in [7, 11) is 0. The third-order valence-corrected chi connectivity index (χ3v) is 7.42. The molecule has 166 valence electrons. The van der Waals surface area contributed by atoms with Crippen LogP contribution in [0.3, 0.4) is 0 Å². The molecule has 32 heavy (non-hydrogen) atoms. The minimum Gasteiger partial charge on any atom is -0.391 e. The number of aryl methyl sites for hydroxylation is 2. The largest absolute Gasteiger partial charge is 0.391 e. The van der Waals surface area contributed by atoms with E-state index in [9.17, 15) is 14.7 Å². The maximum absolute atomic E-state index is 13.1. The first-order valence-corrected chi connectivity index (χ1v) is 11.9. The number of halogens is 1. The highest BCUT2D eigenvalue weighted by Gasteiger charge is 2.39. The summed E-state index contributed by atoms with van der Waals surface area (Å²) in [4.78, 5) is 33.1. The first-order chi connectivity index (χ1) is 15.3. The Morgan fingerprint density at radius 3 is 2.62 bits per heavy atom. The topological polar surface area (TPSA) is 70.5 Å². The Kier molecular flexibility index (Phi) is 6.74. The third-order valence-electron chi connectivity index (χ3n) is 6.03. The highest BCUT2D eigenvalue weighted by atomic mass is 35.5. The van der Waals surface area contributed by atoms with Gasteiger partial charge in [0.25, 0.3) is 5.91 Å². The fraction of sp³-hybridized carbons (Fsp3) is 0.320. The second-order valence-electron chi connectivity index (χ2n) is 8.21. The number of ketones is 1.